The second kappa shape index (κ2) is 5.62. The second-order valence-corrected chi connectivity index (χ2v) is 2.77. The van der Waals surface area contributed by atoms with Gasteiger partial charge in [0.25, 0.3) is 0 Å². The number of carbonyl (C=O) groups excluding carboxylic acids is 1. The van der Waals surface area contributed by atoms with Gasteiger partial charge in [0.15, 0.2) is 0 Å². The molecule has 68 valence electrons. The minimum atomic E-state index is -0.161. The topological polar surface area (TPSA) is 55.1 Å². The number of nitrogens with two attached hydrogens (primary N) is 1. The zero-order valence-electron chi connectivity index (χ0n) is 7.63. The van der Waals surface area contributed by atoms with E-state index in [4.69, 9.17) is 12.2 Å². The summed E-state index contributed by atoms with van der Waals surface area (Å²) in [5, 5.41) is 2.71. The van der Waals surface area contributed by atoms with Crippen LogP contribution in [0.3, 0.4) is 0 Å². The Bertz CT molecular complexity index is 183. The van der Waals surface area contributed by atoms with E-state index in [-0.39, 0.29) is 17.9 Å². The van der Waals surface area contributed by atoms with Crippen LogP contribution in [0.15, 0.2) is 0 Å². The Labute approximate surface area is 73.7 Å². The van der Waals surface area contributed by atoms with Gasteiger partial charge in [-0.15, -0.1) is 6.42 Å². The molecule has 0 aliphatic heterocycles. The van der Waals surface area contributed by atoms with Crippen molar-refractivity contribution in [1.29, 1.82) is 0 Å². The van der Waals surface area contributed by atoms with Crippen molar-refractivity contribution in [1.82, 2.24) is 5.32 Å². The van der Waals surface area contributed by atoms with E-state index < -0.39 is 0 Å². The summed E-state index contributed by atoms with van der Waals surface area (Å²) in [5.74, 6) is 2.26. The third kappa shape index (κ3) is 3.40. The number of carbonyl (C=O) groups is 1. The number of rotatable bonds is 4. The molecule has 2 atom stereocenters. The maximum atomic E-state index is 11.2. The first kappa shape index (κ1) is 11.0. The van der Waals surface area contributed by atoms with Gasteiger partial charge in [-0.25, -0.2) is 0 Å². The lowest BCUT2D eigenvalue weighted by Crippen LogP contribution is -2.39. The Morgan fingerprint density at radius 2 is 2.33 bits per heavy atom. The van der Waals surface area contributed by atoms with Crippen LogP contribution in [0.4, 0.5) is 0 Å². The number of hydrogen-bond acceptors (Lipinski definition) is 2. The Balaban J connectivity index is 3.92. The van der Waals surface area contributed by atoms with Crippen LogP contribution in [0.1, 0.15) is 20.3 Å². The molecule has 0 fully saturated rings. The van der Waals surface area contributed by atoms with Crippen LogP contribution in [-0.4, -0.2) is 18.5 Å². The molecule has 0 radical (unpaired) electrons. The standard InChI is InChI=1S/C9H16N2O/c1-4-8(5-2)11-9(12)7(3)6-10/h1,7-8H,5-6,10H2,2-3H3,(H,11,12). The van der Waals surface area contributed by atoms with Gasteiger partial charge in [0.2, 0.25) is 5.91 Å². The number of terminal acetylenes is 1. The zero-order valence-corrected chi connectivity index (χ0v) is 7.63. The lowest BCUT2D eigenvalue weighted by Gasteiger charge is -2.13. The molecule has 0 aliphatic carbocycles. The number of hydrogen-bond donors (Lipinski definition) is 2. The molecule has 0 bridgehead atoms. The molecule has 0 rings (SSSR count). The molecular weight excluding hydrogens is 152 g/mol. The number of amides is 1. The van der Waals surface area contributed by atoms with E-state index in [2.05, 4.69) is 11.2 Å². The van der Waals surface area contributed by atoms with Gasteiger partial charge in [-0.05, 0) is 6.42 Å². The first-order chi connectivity index (χ1) is 5.65. The fourth-order valence-corrected chi connectivity index (χ4v) is 0.683. The van der Waals surface area contributed by atoms with Crippen LogP contribution in [0.25, 0.3) is 0 Å². The van der Waals surface area contributed by atoms with Gasteiger partial charge in [0, 0.05) is 12.5 Å². The molecule has 0 spiro atoms. The summed E-state index contributed by atoms with van der Waals surface area (Å²) >= 11 is 0. The molecule has 0 aromatic rings. The van der Waals surface area contributed by atoms with Crippen LogP contribution >= 0.6 is 0 Å². The average molecular weight is 168 g/mol. The highest BCUT2D eigenvalue weighted by molar-refractivity contribution is 5.79. The van der Waals surface area contributed by atoms with Gasteiger partial charge in [-0.1, -0.05) is 19.8 Å². The summed E-state index contributed by atoms with van der Waals surface area (Å²) in [6, 6.07) is -0.161. The molecule has 0 saturated carbocycles. The maximum absolute atomic E-state index is 11.2. The van der Waals surface area contributed by atoms with Crippen molar-refractivity contribution in [3.8, 4) is 12.3 Å². The van der Waals surface area contributed by atoms with Gasteiger partial charge < -0.3 is 11.1 Å². The van der Waals surface area contributed by atoms with E-state index in [0.717, 1.165) is 6.42 Å². The third-order valence-corrected chi connectivity index (χ3v) is 1.73. The summed E-state index contributed by atoms with van der Waals surface area (Å²) in [4.78, 5) is 11.2. The monoisotopic (exact) mass is 168 g/mol. The molecular formula is C9H16N2O. The molecule has 0 saturated heterocycles. The lowest BCUT2D eigenvalue weighted by atomic mass is 10.1. The molecule has 2 unspecified atom stereocenters. The largest absolute Gasteiger partial charge is 0.342 e. The minimum absolute atomic E-state index is 0.0673. The van der Waals surface area contributed by atoms with E-state index in [1.165, 1.54) is 0 Å². The average Bonchev–Trinajstić information content (AvgIpc) is 2.12. The normalized spacial score (nSPS) is 14.5. The second-order valence-electron chi connectivity index (χ2n) is 2.77. The van der Waals surface area contributed by atoms with Crippen LogP contribution in [0.2, 0.25) is 0 Å². The van der Waals surface area contributed by atoms with Crippen molar-refractivity contribution in [2.24, 2.45) is 11.7 Å². The van der Waals surface area contributed by atoms with E-state index in [9.17, 15) is 4.79 Å². The highest BCUT2D eigenvalue weighted by Crippen LogP contribution is 1.94. The quantitative estimate of drug-likeness (QED) is 0.585. The predicted molar refractivity (Wildman–Crippen MR) is 49.3 cm³/mol. The molecule has 0 aromatic carbocycles. The van der Waals surface area contributed by atoms with Gasteiger partial charge >= 0.3 is 0 Å². The molecule has 3 nitrogen and oxygen atoms in total. The van der Waals surface area contributed by atoms with Crippen LogP contribution in [-0.2, 0) is 4.79 Å². The van der Waals surface area contributed by atoms with Crippen molar-refractivity contribution in [2.45, 2.75) is 26.3 Å². The molecule has 0 aliphatic rings. The Hall–Kier alpha value is -1.01. The molecule has 0 aromatic heterocycles. The maximum Gasteiger partial charge on any atom is 0.225 e. The molecule has 3 N–H and O–H groups in total. The lowest BCUT2D eigenvalue weighted by molar-refractivity contribution is -0.124. The van der Waals surface area contributed by atoms with E-state index >= 15 is 0 Å². The molecule has 3 heteroatoms. The SMILES string of the molecule is C#CC(CC)NC(=O)C(C)CN. The number of nitrogens with one attached hydrogen (secondary N) is 1. The third-order valence-electron chi connectivity index (χ3n) is 1.73. The smallest absolute Gasteiger partial charge is 0.225 e. The van der Waals surface area contributed by atoms with E-state index in [1.54, 1.807) is 6.92 Å². The van der Waals surface area contributed by atoms with Crippen LogP contribution in [0.5, 0.6) is 0 Å². The molecule has 12 heavy (non-hydrogen) atoms. The Morgan fingerprint density at radius 3 is 2.67 bits per heavy atom. The first-order valence-electron chi connectivity index (χ1n) is 4.12. The van der Waals surface area contributed by atoms with Crippen molar-refractivity contribution in [2.75, 3.05) is 6.54 Å². The summed E-state index contributed by atoms with van der Waals surface area (Å²) in [6.07, 6.45) is 5.93. The van der Waals surface area contributed by atoms with Gasteiger partial charge in [-0.3, -0.25) is 4.79 Å². The zero-order chi connectivity index (χ0) is 9.56. The fourth-order valence-electron chi connectivity index (χ4n) is 0.683. The summed E-state index contributed by atoms with van der Waals surface area (Å²) in [6.45, 7) is 4.06. The molecule has 0 heterocycles. The van der Waals surface area contributed by atoms with Crippen LogP contribution < -0.4 is 11.1 Å². The Morgan fingerprint density at radius 1 is 1.75 bits per heavy atom. The van der Waals surface area contributed by atoms with Crippen molar-refractivity contribution in [3.05, 3.63) is 0 Å². The van der Waals surface area contributed by atoms with E-state index in [0.29, 0.717) is 6.54 Å². The van der Waals surface area contributed by atoms with Gasteiger partial charge in [0.05, 0.1) is 6.04 Å². The summed E-state index contributed by atoms with van der Waals surface area (Å²) in [5.41, 5.74) is 5.32. The highest BCUT2D eigenvalue weighted by atomic mass is 16.1. The predicted octanol–water partition coefficient (Wildman–Crippen LogP) is 0.109. The van der Waals surface area contributed by atoms with Gasteiger partial charge in [0.1, 0.15) is 0 Å². The fraction of sp³-hybridized carbons (Fsp3) is 0.667. The van der Waals surface area contributed by atoms with Crippen molar-refractivity contribution in [3.63, 3.8) is 0 Å². The summed E-state index contributed by atoms with van der Waals surface area (Å²) in [7, 11) is 0. The summed E-state index contributed by atoms with van der Waals surface area (Å²) < 4.78 is 0. The van der Waals surface area contributed by atoms with E-state index in [1.807, 2.05) is 6.92 Å². The van der Waals surface area contributed by atoms with Crippen LogP contribution in [0, 0.1) is 18.3 Å². The van der Waals surface area contributed by atoms with Crippen molar-refractivity contribution >= 4 is 5.91 Å². The van der Waals surface area contributed by atoms with Gasteiger partial charge in [-0.2, -0.15) is 0 Å². The molecule has 1 amide bonds. The van der Waals surface area contributed by atoms with Crippen molar-refractivity contribution < 1.29 is 4.79 Å². The minimum Gasteiger partial charge on any atom is -0.342 e. The highest BCUT2D eigenvalue weighted by Gasteiger charge is 2.13. The first-order valence-corrected chi connectivity index (χ1v) is 4.12. The Kier molecular flexibility index (Phi) is 5.14.